The summed E-state index contributed by atoms with van der Waals surface area (Å²) in [5, 5.41) is 13.8. The van der Waals surface area contributed by atoms with Crippen molar-refractivity contribution in [1.82, 2.24) is 0 Å². The summed E-state index contributed by atoms with van der Waals surface area (Å²) in [5.41, 5.74) is 8.07. The number of unbranched alkanes of at least 4 members (excludes halogenated alkanes) is 2. The average Bonchev–Trinajstić information content (AvgIpc) is 3.72. The predicted octanol–water partition coefficient (Wildman–Crippen LogP) is 9.65. The Morgan fingerprint density at radius 2 is 1.83 bits per heavy atom. The van der Waals surface area contributed by atoms with Gasteiger partial charge < -0.3 is 4.90 Å². The first kappa shape index (κ1) is 33.5. The van der Waals surface area contributed by atoms with Gasteiger partial charge in [0, 0.05) is 58.1 Å². The Morgan fingerprint density at radius 3 is 2.52 bits per heavy atom. The van der Waals surface area contributed by atoms with E-state index >= 15 is 0 Å². The summed E-state index contributed by atoms with van der Waals surface area (Å²) in [5.74, 6) is 0. The van der Waals surface area contributed by atoms with Gasteiger partial charge in [0.15, 0.2) is 5.71 Å². The number of nitro groups is 1. The van der Waals surface area contributed by atoms with Gasteiger partial charge in [-0.25, -0.2) is 9.78 Å². The monoisotopic (exact) mass is 640 g/mol. The zero-order valence-electron chi connectivity index (χ0n) is 27.9. The van der Waals surface area contributed by atoms with Gasteiger partial charge >= 0.3 is 0 Å². The highest BCUT2D eigenvalue weighted by atomic mass is 32.1. The highest BCUT2D eigenvalue weighted by Crippen LogP contribution is 2.51. The standard InChI is InChI=1S/C38H46N3O4S/c1-7-39-32-21-19-28(34-16-15-25-46-34)26-30(32)37(3,4)35(39)17-11-9-12-18-36-38(5,23-13-10-14-24-45-44-6)31-27-29(41(42)43)20-22-33(31)40(36)8-2/h9,11-12,15-22,25-27H,7-8,10,13-14,23-24H2,1-6H3/q+1. The fraction of sp³-hybridized carbons (Fsp3) is 0.395. The lowest BCUT2D eigenvalue weighted by molar-refractivity contribution is -0.433. The quantitative estimate of drug-likeness (QED) is 0.0438. The maximum Gasteiger partial charge on any atom is 0.269 e. The molecule has 8 heteroatoms. The summed E-state index contributed by atoms with van der Waals surface area (Å²) >= 11 is 1.77. The van der Waals surface area contributed by atoms with E-state index in [9.17, 15) is 10.1 Å². The third-order valence-electron chi connectivity index (χ3n) is 9.52. The molecule has 2 aliphatic heterocycles. The second-order valence-electron chi connectivity index (χ2n) is 12.6. The summed E-state index contributed by atoms with van der Waals surface area (Å²) in [6.07, 6.45) is 14.5. The first-order valence-corrected chi connectivity index (χ1v) is 17.2. The number of hydrogen-bond donors (Lipinski definition) is 0. The van der Waals surface area contributed by atoms with E-state index in [2.05, 4.69) is 110 Å². The fourth-order valence-electron chi connectivity index (χ4n) is 7.13. The summed E-state index contributed by atoms with van der Waals surface area (Å²) in [7, 11) is 1.52. The van der Waals surface area contributed by atoms with E-state index in [0.29, 0.717) is 6.61 Å². The third-order valence-corrected chi connectivity index (χ3v) is 10.4. The molecular weight excluding hydrogens is 595 g/mol. The van der Waals surface area contributed by atoms with Crippen LogP contribution in [0.5, 0.6) is 0 Å². The van der Waals surface area contributed by atoms with Crippen molar-refractivity contribution in [3.8, 4) is 10.4 Å². The number of fused-ring (bicyclic) bond motifs is 2. The lowest BCUT2D eigenvalue weighted by Gasteiger charge is -2.30. The molecule has 2 aromatic carbocycles. The van der Waals surface area contributed by atoms with Gasteiger partial charge in [-0.15, -0.1) is 11.3 Å². The SMILES string of the molecule is CCN1/C(=C/C=C/C=C/C2=[N+](CC)c3ccc(-c4cccs4)cc3C2(C)C)C(C)(CCCCCOOC)c2cc([N+](=O)[O-])ccc21. The third kappa shape index (κ3) is 6.39. The van der Waals surface area contributed by atoms with Crippen LogP contribution in [0, 0.1) is 10.1 Å². The van der Waals surface area contributed by atoms with Gasteiger partial charge in [-0.3, -0.25) is 10.1 Å². The normalized spacial score (nSPS) is 19.6. The molecule has 3 aromatic rings. The molecule has 242 valence electrons. The molecule has 46 heavy (non-hydrogen) atoms. The Labute approximate surface area is 277 Å². The van der Waals surface area contributed by atoms with Crippen molar-refractivity contribution in [2.75, 3.05) is 31.7 Å². The van der Waals surface area contributed by atoms with Crippen LogP contribution in [0.25, 0.3) is 10.4 Å². The number of non-ortho nitro benzene ring substituents is 1. The van der Waals surface area contributed by atoms with Gasteiger partial charge in [-0.2, -0.15) is 4.58 Å². The molecule has 0 bridgehead atoms. The smallest absolute Gasteiger partial charge is 0.269 e. The van der Waals surface area contributed by atoms with Crippen molar-refractivity contribution >= 4 is 34.1 Å². The lowest BCUT2D eigenvalue weighted by atomic mass is 9.77. The largest absolute Gasteiger partial charge is 0.344 e. The number of rotatable bonds is 14. The van der Waals surface area contributed by atoms with Crippen LogP contribution < -0.4 is 4.90 Å². The van der Waals surface area contributed by atoms with Gasteiger partial charge in [-0.05, 0) is 94.3 Å². The minimum Gasteiger partial charge on any atom is -0.344 e. The molecule has 0 fully saturated rings. The molecule has 0 radical (unpaired) electrons. The number of likely N-dealkylation sites (N-methyl/N-ethyl adjacent to an activating group) is 1. The Balaban J connectivity index is 1.41. The molecule has 1 atom stereocenters. The molecule has 0 aliphatic carbocycles. The Morgan fingerprint density at radius 1 is 1.00 bits per heavy atom. The topological polar surface area (TPSA) is 67.8 Å². The highest BCUT2D eigenvalue weighted by molar-refractivity contribution is 7.13. The summed E-state index contributed by atoms with van der Waals surface area (Å²) in [4.78, 5) is 24.8. The minimum absolute atomic E-state index is 0.130. The van der Waals surface area contributed by atoms with Crippen molar-refractivity contribution < 1.29 is 19.3 Å². The molecule has 0 saturated heterocycles. The number of allylic oxidation sites excluding steroid dienone is 6. The zero-order valence-corrected chi connectivity index (χ0v) is 28.7. The van der Waals surface area contributed by atoms with Crippen LogP contribution in [0.4, 0.5) is 17.1 Å². The van der Waals surface area contributed by atoms with E-state index in [4.69, 9.17) is 9.78 Å². The van der Waals surface area contributed by atoms with Crippen LogP contribution in [0.3, 0.4) is 0 Å². The van der Waals surface area contributed by atoms with Crippen LogP contribution in [-0.2, 0) is 20.6 Å². The van der Waals surface area contributed by atoms with Crippen molar-refractivity contribution in [1.29, 1.82) is 0 Å². The van der Waals surface area contributed by atoms with E-state index in [1.165, 1.54) is 40.2 Å². The zero-order chi connectivity index (χ0) is 32.9. The summed E-state index contributed by atoms with van der Waals surface area (Å²) < 4.78 is 2.42. The van der Waals surface area contributed by atoms with E-state index in [1.54, 1.807) is 23.5 Å². The number of nitrogens with zero attached hydrogens (tertiary/aromatic N) is 3. The van der Waals surface area contributed by atoms with E-state index in [-0.39, 0.29) is 21.4 Å². The van der Waals surface area contributed by atoms with Crippen LogP contribution >= 0.6 is 11.3 Å². The first-order valence-electron chi connectivity index (χ1n) is 16.3. The molecule has 0 amide bonds. The number of benzene rings is 2. The van der Waals surface area contributed by atoms with E-state index in [0.717, 1.165) is 50.0 Å². The molecule has 7 nitrogen and oxygen atoms in total. The average molecular weight is 641 g/mol. The van der Waals surface area contributed by atoms with Crippen molar-refractivity contribution in [2.24, 2.45) is 0 Å². The molecule has 2 aliphatic rings. The molecular formula is C38H46N3O4S+. The van der Waals surface area contributed by atoms with Gasteiger partial charge in [0.1, 0.15) is 6.54 Å². The van der Waals surface area contributed by atoms with Gasteiger partial charge in [0.05, 0.1) is 24.1 Å². The molecule has 1 aromatic heterocycles. The van der Waals surface area contributed by atoms with Gasteiger partial charge in [0.25, 0.3) is 5.69 Å². The number of anilines is 1. The fourth-order valence-corrected chi connectivity index (χ4v) is 7.85. The molecule has 0 spiro atoms. The Kier molecular flexibility index (Phi) is 10.4. The summed E-state index contributed by atoms with van der Waals surface area (Å²) in [6, 6.07) is 16.5. The molecule has 0 N–H and O–H groups in total. The van der Waals surface area contributed by atoms with Gasteiger partial charge in [0.2, 0.25) is 5.69 Å². The maximum atomic E-state index is 11.7. The number of thiophene rings is 1. The van der Waals surface area contributed by atoms with Crippen LogP contribution in [0.1, 0.15) is 71.4 Å². The Bertz CT molecular complexity index is 1690. The minimum atomic E-state index is -0.351. The number of hydrogen-bond acceptors (Lipinski definition) is 6. The van der Waals surface area contributed by atoms with Crippen molar-refractivity contribution in [3.63, 3.8) is 0 Å². The highest BCUT2D eigenvalue weighted by Gasteiger charge is 2.45. The van der Waals surface area contributed by atoms with Crippen molar-refractivity contribution in [3.05, 3.63) is 111 Å². The predicted molar refractivity (Wildman–Crippen MR) is 190 cm³/mol. The number of nitro benzene ring substituents is 1. The molecule has 3 heterocycles. The second kappa shape index (κ2) is 14.3. The lowest BCUT2D eigenvalue weighted by Crippen LogP contribution is -2.28. The van der Waals surface area contributed by atoms with Gasteiger partial charge in [-0.1, -0.05) is 37.1 Å². The summed E-state index contributed by atoms with van der Waals surface area (Å²) in [6.45, 7) is 13.4. The first-order chi connectivity index (χ1) is 22.2. The molecule has 5 rings (SSSR count). The Hall–Kier alpha value is -3.85. The van der Waals surface area contributed by atoms with Crippen LogP contribution in [0.2, 0.25) is 0 Å². The van der Waals surface area contributed by atoms with E-state index in [1.807, 2.05) is 6.07 Å². The molecule has 0 saturated carbocycles. The second-order valence-corrected chi connectivity index (χ2v) is 13.5. The van der Waals surface area contributed by atoms with E-state index < -0.39 is 0 Å². The molecule has 1 unspecified atom stereocenters. The van der Waals surface area contributed by atoms with Crippen LogP contribution in [-0.4, -0.2) is 42.0 Å². The maximum absolute atomic E-state index is 11.7. The van der Waals surface area contributed by atoms with Crippen LogP contribution in [0.15, 0.2) is 90.0 Å². The van der Waals surface area contributed by atoms with Crippen molar-refractivity contribution in [2.45, 2.75) is 71.1 Å².